The molecular weight excluding hydrogens is 184 g/mol. The average Bonchev–Trinajstić information content (AvgIpc) is 2.31. The van der Waals surface area contributed by atoms with Crippen molar-refractivity contribution in [2.45, 2.75) is 63.5 Å². The Morgan fingerprint density at radius 2 is 1.67 bits per heavy atom. The van der Waals surface area contributed by atoms with Crippen LogP contribution in [-0.4, -0.2) is 36.6 Å². The molecule has 1 N–H and O–H groups in total. The lowest BCUT2D eigenvalue weighted by Crippen LogP contribution is -2.52. The van der Waals surface area contributed by atoms with Crippen LogP contribution in [0.1, 0.15) is 51.9 Å². The Kier molecular flexibility index (Phi) is 3.68. The van der Waals surface area contributed by atoms with E-state index >= 15 is 0 Å². The minimum absolute atomic E-state index is 0.408. The van der Waals surface area contributed by atoms with Gasteiger partial charge in [0, 0.05) is 24.7 Å². The van der Waals surface area contributed by atoms with E-state index in [2.05, 4.69) is 24.2 Å². The molecule has 1 aliphatic heterocycles. The summed E-state index contributed by atoms with van der Waals surface area (Å²) < 4.78 is 0. The second-order valence-corrected chi connectivity index (χ2v) is 5.64. The number of likely N-dealkylation sites (tertiary alicyclic amines) is 1. The third-order valence-electron chi connectivity index (χ3n) is 4.60. The second-order valence-electron chi connectivity index (χ2n) is 5.64. The van der Waals surface area contributed by atoms with Gasteiger partial charge in [0.2, 0.25) is 0 Å². The first kappa shape index (κ1) is 11.4. The molecule has 0 unspecified atom stereocenters. The summed E-state index contributed by atoms with van der Waals surface area (Å²) in [5, 5.41) is 3.48. The van der Waals surface area contributed by atoms with Gasteiger partial charge in [-0.25, -0.2) is 0 Å². The zero-order valence-electron chi connectivity index (χ0n) is 10.4. The van der Waals surface area contributed by atoms with Crippen molar-refractivity contribution in [2.24, 2.45) is 0 Å². The van der Waals surface area contributed by atoms with Crippen LogP contribution in [0.2, 0.25) is 0 Å². The molecule has 2 heteroatoms. The van der Waals surface area contributed by atoms with Crippen LogP contribution in [0.15, 0.2) is 0 Å². The highest BCUT2D eigenvalue weighted by Crippen LogP contribution is 2.28. The van der Waals surface area contributed by atoms with Gasteiger partial charge in [-0.3, -0.25) is 0 Å². The molecule has 88 valence electrons. The van der Waals surface area contributed by atoms with Crippen molar-refractivity contribution < 1.29 is 0 Å². The Morgan fingerprint density at radius 1 is 1.07 bits per heavy atom. The molecule has 0 spiro atoms. The van der Waals surface area contributed by atoms with E-state index in [4.69, 9.17) is 0 Å². The zero-order valence-corrected chi connectivity index (χ0v) is 10.4. The van der Waals surface area contributed by atoms with Crippen molar-refractivity contribution in [3.63, 3.8) is 0 Å². The fourth-order valence-corrected chi connectivity index (χ4v) is 3.08. The molecule has 0 bridgehead atoms. The summed E-state index contributed by atoms with van der Waals surface area (Å²) in [6.45, 7) is 4.98. The molecule has 0 radical (unpaired) electrons. The molecule has 0 aromatic carbocycles. The first-order chi connectivity index (χ1) is 7.23. The fourth-order valence-electron chi connectivity index (χ4n) is 3.08. The molecule has 0 atom stereocenters. The fraction of sp³-hybridized carbons (Fsp3) is 1.00. The molecule has 0 aromatic heterocycles. The highest BCUT2D eigenvalue weighted by atomic mass is 15.2. The highest BCUT2D eigenvalue weighted by Gasteiger charge is 2.31. The molecule has 2 aliphatic rings. The average molecular weight is 210 g/mol. The maximum atomic E-state index is 3.48. The smallest absolute Gasteiger partial charge is 0.0174 e. The first-order valence-electron chi connectivity index (χ1n) is 6.66. The van der Waals surface area contributed by atoms with Gasteiger partial charge in [0.1, 0.15) is 0 Å². The van der Waals surface area contributed by atoms with Gasteiger partial charge in [-0.2, -0.15) is 0 Å². The van der Waals surface area contributed by atoms with E-state index < -0.39 is 0 Å². The van der Waals surface area contributed by atoms with Crippen LogP contribution in [0, 0.1) is 0 Å². The summed E-state index contributed by atoms with van der Waals surface area (Å²) in [5.41, 5.74) is 0.408. The van der Waals surface area contributed by atoms with Gasteiger partial charge < -0.3 is 10.2 Å². The van der Waals surface area contributed by atoms with Crippen LogP contribution < -0.4 is 5.32 Å². The number of hydrogen-bond donors (Lipinski definition) is 1. The Bertz CT molecular complexity index is 189. The van der Waals surface area contributed by atoms with Gasteiger partial charge in [-0.05, 0) is 39.7 Å². The summed E-state index contributed by atoms with van der Waals surface area (Å²) in [6, 6.07) is 0.917. The SMILES string of the molecule is CNC1(C)CCN(C2CCCCC2)CC1. The molecule has 1 saturated heterocycles. The number of nitrogens with zero attached hydrogens (tertiary/aromatic N) is 1. The lowest BCUT2D eigenvalue weighted by atomic mass is 9.86. The lowest BCUT2D eigenvalue weighted by Gasteiger charge is -2.43. The van der Waals surface area contributed by atoms with Gasteiger partial charge in [0.05, 0.1) is 0 Å². The summed E-state index contributed by atoms with van der Waals surface area (Å²) in [6.07, 6.45) is 9.94. The summed E-state index contributed by atoms with van der Waals surface area (Å²) in [7, 11) is 2.11. The molecule has 1 aliphatic carbocycles. The largest absolute Gasteiger partial charge is 0.314 e. The number of piperidine rings is 1. The van der Waals surface area contributed by atoms with Crippen LogP contribution in [0.4, 0.5) is 0 Å². The Hall–Kier alpha value is -0.0800. The monoisotopic (exact) mass is 210 g/mol. The van der Waals surface area contributed by atoms with Gasteiger partial charge in [0.25, 0.3) is 0 Å². The molecule has 0 amide bonds. The Balaban J connectivity index is 1.82. The van der Waals surface area contributed by atoms with Crippen LogP contribution in [0.3, 0.4) is 0 Å². The van der Waals surface area contributed by atoms with Crippen molar-refractivity contribution >= 4 is 0 Å². The third-order valence-corrected chi connectivity index (χ3v) is 4.60. The van der Waals surface area contributed by atoms with Crippen LogP contribution in [-0.2, 0) is 0 Å². The van der Waals surface area contributed by atoms with E-state index in [-0.39, 0.29) is 0 Å². The van der Waals surface area contributed by atoms with E-state index in [0.717, 1.165) is 6.04 Å². The van der Waals surface area contributed by atoms with Gasteiger partial charge >= 0.3 is 0 Å². The Morgan fingerprint density at radius 3 is 2.20 bits per heavy atom. The van der Waals surface area contributed by atoms with Crippen molar-refractivity contribution in [1.82, 2.24) is 10.2 Å². The minimum Gasteiger partial charge on any atom is -0.314 e. The molecule has 1 heterocycles. The zero-order chi connectivity index (χ0) is 10.7. The van der Waals surface area contributed by atoms with Crippen LogP contribution in [0.25, 0.3) is 0 Å². The maximum absolute atomic E-state index is 3.48. The summed E-state index contributed by atoms with van der Waals surface area (Å²) >= 11 is 0. The lowest BCUT2D eigenvalue weighted by molar-refractivity contribution is 0.0899. The van der Waals surface area contributed by atoms with Crippen molar-refractivity contribution in [3.8, 4) is 0 Å². The van der Waals surface area contributed by atoms with Gasteiger partial charge in [0.15, 0.2) is 0 Å². The number of nitrogens with one attached hydrogen (secondary N) is 1. The second kappa shape index (κ2) is 4.84. The van der Waals surface area contributed by atoms with Crippen LogP contribution in [0.5, 0.6) is 0 Å². The topological polar surface area (TPSA) is 15.3 Å². The minimum atomic E-state index is 0.408. The Labute approximate surface area is 94.4 Å². The van der Waals surface area contributed by atoms with Crippen molar-refractivity contribution in [2.75, 3.05) is 20.1 Å². The molecule has 2 nitrogen and oxygen atoms in total. The molecule has 2 fully saturated rings. The van der Waals surface area contributed by atoms with Gasteiger partial charge in [-0.1, -0.05) is 19.3 Å². The predicted octanol–water partition coefficient (Wildman–Crippen LogP) is 2.39. The van der Waals surface area contributed by atoms with E-state index in [1.807, 2.05) is 0 Å². The van der Waals surface area contributed by atoms with E-state index in [1.165, 1.54) is 58.0 Å². The number of rotatable bonds is 2. The van der Waals surface area contributed by atoms with Gasteiger partial charge in [-0.15, -0.1) is 0 Å². The van der Waals surface area contributed by atoms with Crippen molar-refractivity contribution in [1.29, 1.82) is 0 Å². The standard InChI is InChI=1S/C13H26N2/c1-13(14-2)8-10-15(11-9-13)12-6-4-3-5-7-12/h12,14H,3-11H2,1-2H3. The predicted molar refractivity (Wildman–Crippen MR) is 65.1 cm³/mol. The molecule has 1 saturated carbocycles. The molecule has 15 heavy (non-hydrogen) atoms. The van der Waals surface area contributed by atoms with Crippen LogP contribution >= 0.6 is 0 Å². The summed E-state index contributed by atoms with van der Waals surface area (Å²) in [4.78, 5) is 2.75. The van der Waals surface area contributed by atoms with E-state index in [9.17, 15) is 0 Å². The van der Waals surface area contributed by atoms with E-state index in [1.54, 1.807) is 0 Å². The number of hydrogen-bond acceptors (Lipinski definition) is 2. The molecule has 0 aromatic rings. The highest BCUT2D eigenvalue weighted by molar-refractivity contribution is 4.90. The normalized spacial score (nSPS) is 29.2. The quantitative estimate of drug-likeness (QED) is 0.753. The first-order valence-corrected chi connectivity index (χ1v) is 6.66. The molecular formula is C13H26N2. The van der Waals surface area contributed by atoms with Crippen molar-refractivity contribution in [3.05, 3.63) is 0 Å². The van der Waals surface area contributed by atoms with E-state index in [0.29, 0.717) is 5.54 Å². The molecule has 2 rings (SSSR count). The summed E-state index contributed by atoms with van der Waals surface area (Å²) in [5.74, 6) is 0. The maximum Gasteiger partial charge on any atom is 0.0174 e. The third kappa shape index (κ3) is 2.73.